The lowest BCUT2D eigenvalue weighted by Crippen LogP contribution is -2.53. The molecule has 0 bridgehead atoms. The molecule has 0 aliphatic carbocycles. The lowest BCUT2D eigenvalue weighted by atomic mass is 9.86. The zero-order chi connectivity index (χ0) is 14.5. The highest BCUT2D eigenvalue weighted by molar-refractivity contribution is 5.87. The highest BCUT2D eigenvalue weighted by Crippen LogP contribution is 2.19. The molecule has 1 amide bonds. The van der Waals surface area contributed by atoms with Crippen molar-refractivity contribution in [2.45, 2.75) is 45.7 Å². The van der Waals surface area contributed by atoms with E-state index in [4.69, 9.17) is 15.9 Å². The molecule has 0 spiro atoms. The predicted molar refractivity (Wildman–Crippen MR) is 63.9 cm³/mol. The molecule has 0 aromatic carbocycles. The molecule has 2 unspecified atom stereocenters. The van der Waals surface area contributed by atoms with Gasteiger partial charge in [0, 0.05) is 6.42 Å². The van der Waals surface area contributed by atoms with E-state index in [1.165, 1.54) is 0 Å². The lowest BCUT2D eigenvalue weighted by molar-refractivity contribution is -0.145. The summed E-state index contributed by atoms with van der Waals surface area (Å²) in [6.07, 6.45) is -0.264. The van der Waals surface area contributed by atoms with Gasteiger partial charge >= 0.3 is 11.9 Å². The number of hydrogen-bond donors (Lipinski definition) is 4. The number of hydrogen-bond acceptors (Lipinski definition) is 4. The highest BCUT2D eigenvalue weighted by atomic mass is 16.4. The van der Waals surface area contributed by atoms with E-state index in [-0.39, 0.29) is 12.8 Å². The Morgan fingerprint density at radius 1 is 1.22 bits per heavy atom. The van der Waals surface area contributed by atoms with E-state index in [0.29, 0.717) is 0 Å². The van der Waals surface area contributed by atoms with Gasteiger partial charge in [-0.3, -0.25) is 9.59 Å². The van der Waals surface area contributed by atoms with E-state index < -0.39 is 35.3 Å². The van der Waals surface area contributed by atoms with Crippen molar-refractivity contribution in [1.29, 1.82) is 0 Å². The van der Waals surface area contributed by atoms with E-state index >= 15 is 0 Å². The maximum absolute atomic E-state index is 11.6. The Balaban J connectivity index is 4.52. The molecule has 0 rings (SSSR count). The summed E-state index contributed by atoms with van der Waals surface area (Å²) in [5.74, 6) is -2.86. The first-order valence-corrected chi connectivity index (χ1v) is 5.56. The summed E-state index contributed by atoms with van der Waals surface area (Å²) in [7, 11) is 0. The van der Waals surface area contributed by atoms with Crippen LogP contribution in [0, 0.1) is 5.41 Å². The zero-order valence-electron chi connectivity index (χ0n) is 10.8. The fourth-order valence-electron chi connectivity index (χ4n) is 1.31. The van der Waals surface area contributed by atoms with Crippen molar-refractivity contribution in [3.63, 3.8) is 0 Å². The molecule has 18 heavy (non-hydrogen) atoms. The first-order chi connectivity index (χ1) is 8.05. The van der Waals surface area contributed by atoms with Crippen LogP contribution >= 0.6 is 0 Å². The van der Waals surface area contributed by atoms with Crippen LogP contribution in [-0.2, 0) is 14.4 Å². The molecule has 0 heterocycles. The lowest BCUT2D eigenvalue weighted by Gasteiger charge is -2.28. The van der Waals surface area contributed by atoms with Crippen molar-refractivity contribution in [2.75, 3.05) is 0 Å². The third-order valence-electron chi connectivity index (χ3n) is 2.41. The number of aliphatic carboxylic acids is 2. The summed E-state index contributed by atoms with van der Waals surface area (Å²) < 4.78 is 0. The van der Waals surface area contributed by atoms with E-state index in [0.717, 1.165) is 0 Å². The number of nitrogens with two attached hydrogens (primary N) is 1. The van der Waals surface area contributed by atoms with Crippen molar-refractivity contribution < 1.29 is 24.6 Å². The molecule has 0 aliphatic rings. The molecule has 7 heteroatoms. The Labute approximate surface area is 105 Å². The fraction of sp³-hybridized carbons (Fsp3) is 0.727. The van der Waals surface area contributed by atoms with E-state index in [1.807, 2.05) is 0 Å². The molecular formula is C11H20N2O5. The van der Waals surface area contributed by atoms with E-state index in [1.54, 1.807) is 20.8 Å². The Hall–Kier alpha value is -1.63. The first-order valence-electron chi connectivity index (χ1n) is 5.56. The van der Waals surface area contributed by atoms with Gasteiger partial charge in [0.05, 0.1) is 6.04 Å². The van der Waals surface area contributed by atoms with Gasteiger partial charge in [0.25, 0.3) is 0 Å². The number of amides is 1. The van der Waals surface area contributed by atoms with Crippen LogP contribution in [0.25, 0.3) is 0 Å². The molecule has 0 aliphatic heterocycles. The second-order valence-corrected chi connectivity index (χ2v) is 5.18. The predicted octanol–water partition coefficient (Wildman–Crippen LogP) is -0.206. The van der Waals surface area contributed by atoms with Crippen LogP contribution in [0.3, 0.4) is 0 Å². The molecular weight excluding hydrogens is 240 g/mol. The quantitative estimate of drug-likeness (QED) is 0.523. The molecule has 0 radical (unpaired) electrons. The summed E-state index contributed by atoms with van der Waals surface area (Å²) >= 11 is 0. The van der Waals surface area contributed by atoms with Crippen LogP contribution in [-0.4, -0.2) is 40.1 Å². The standard InChI is InChI=1S/C11H20N2O5/c1-11(2,3)8(10(17)18)13-9(16)6(12)4-5-7(14)15/h6,8H,4-5,12H2,1-3H3,(H,13,16)(H,14,15)(H,17,18). The van der Waals surface area contributed by atoms with Gasteiger partial charge in [-0.2, -0.15) is 0 Å². The van der Waals surface area contributed by atoms with Gasteiger partial charge in [-0.25, -0.2) is 4.79 Å². The smallest absolute Gasteiger partial charge is 0.326 e. The number of carboxylic acids is 2. The summed E-state index contributed by atoms with van der Waals surface area (Å²) in [4.78, 5) is 33.0. The minimum Gasteiger partial charge on any atom is -0.481 e. The number of rotatable bonds is 6. The van der Waals surface area contributed by atoms with Gasteiger partial charge in [0.1, 0.15) is 6.04 Å². The van der Waals surface area contributed by atoms with Crippen LogP contribution in [0.2, 0.25) is 0 Å². The van der Waals surface area contributed by atoms with Gasteiger partial charge in [0.2, 0.25) is 5.91 Å². The SMILES string of the molecule is CC(C)(C)C(NC(=O)C(N)CCC(=O)O)C(=O)O. The number of carbonyl (C=O) groups is 3. The Morgan fingerprint density at radius 3 is 2.06 bits per heavy atom. The molecule has 5 N–H and O–H groups in total. The Bertz CT molecular complexity index is 335. The summed E-state index contributed by atoms with van der Waals surface area (Å²) in [5.41, 5.74) is 4.83. The third-order valence-corrected chi connectivity index (χ3v) is 2.41. The maximum Gasteiger partial charge on any atom is 0.326 e. The number of nitrogens with one attached hydrogen (secondary N) is 1. The average molecular weight is 260 g/mol. The highest BCUT2D eigenvalue weighted by Gasteiger charge is 2.33. The van der Waals surface area contributed by atoms with Gasteiger partial charge in [-0.05, 0) is 11.8 Å². The second-order valence-electron chi connectivity index (χ2n) is 5.18. The molecule has 0 fully saturated rings. The molecule has 2 atom stereocenters. The zero-order valence-corrected chi connectivity index (χ0v) is 10.8. The van der Waals surface area contributed by atoms with Crippen LogP contribution < -0.4 is 11.1 Å². The minimum absolute atomic E-state index is 0.0301. The second kappa shape index (κ2) is 6.34. The summed E-state index contributed by atoms with van der Waals surface area (Å²) in [6.45, 7) is 5.03. The van der Waals surface area contributed by atoms with Crippen LogP contribution in [0.5, 0.6) is 0 Å². The van der Waals surface area contributed by atoms with Gasteiger partial charge in [-0.1, -0.05) is 20.8 Å². The molecule has 0 saturated carbocycles. The number of carboxylic acid groups (broad SMARTS) is 2. The van der Waals surface area contributed by atoms with Crippen molar-refractivity contribution in [1.82, 2.24) is 5.32 Å². The maximum atomic E-state index is 11.6. The molecule has 0 aromatic rings. The van der Waals surface area contributed by atoms with Crippen LogP contribution in [0.4, 0.5) is 0 Å². The van der Waals surface area contributed by atoms with E-state index in [2.05, 4.69) is 5.32 Å². The van der Waals surface area contributed by atoms with Gasteiger partial charge in [0.15, 0.2) is 0 Å². The molecule has 0 saturated heterocycles. The van der Waals surface area contributed by atoms with E-state index in [9.17, 15) is 14.4 Å². The van der Waals surface area contributed by atoms with Crippen molar-refractivity contribution in [3.05, 3.63) is 0 Å². The number of carbonyl (C=O) groups excluding carboxylic acids is 1. The largest absolute Gasteiger partial charge is 0.481 e. The van der Waals surface area contributed by atoms with Crippen molar-refractivity contribution >= 4 is 17.8 Å². The summed E-state index contributed by atoms with van der Waals surface area (Å²) in [5, 5.41) is 19.8. The normalized spacial score (nSPS) is 14.7. The van der Waals surface area contributed by atoms with Crippen molar-refractivity contribution in [2.24, 2.45) is 11.1 Å². The fourth-order valence-corrected chi connectivity index (χ4v) is 1.31. The summed E-state index contributed by atoms with van der Waals surface area (Å²) in [6, 6.07) is -2.09. The van der Waals surface area contributed by atoms with Crippen molar-refractivity contribution in [3.8, 4) is 0 Å². The topological polar surface area (TPSA) is 130 Å². The molecule has 0 aromatic heterocycles. The first kappa shape index (κ1) is 16.4. The van der Waals surface area contributed by atoms with Crippen LogP contribution in [0.15, 0.2) is 0 Å². The van der Waals surface area contributed by atoms with Crippen LogP contribution in [0.1, 0.15) is 33.6 Å². The average Bonchev–Trinajstić information content (AvgIpc) is 2.19. The molecule has 7 nitrogen and oxygen atoms in total. The Morgan fingerprint density at radius 2 is 1.72 bits per heavy atom. The van der Waals surface area contributed by atoms with Gasteiger partial charge in [-0.15, -0.1) is 0 Å². The van der Waals surface area contributed by atoms with Gasteiger partial charge < -0.3 is 21.3 Å². The Kier molecular flexibility index (Phi) is 5.77. The third kappa shape index (κ3) is 5.62. The monoisotopic (exact) mass is 260 g/mol. The molecule has 104 valence electrons. The minimum atomic E-state index is -1.15.